The molecule has 1 aromatic carbocycles. The molecule has 0 amide bonds. The SMILES string of the molecule is Cc1nc(-c2cc(F)ccc2Br)nc2c1CNCC2. The fourth-order valence-corrected chi connectivity index (χ4v) is 2.73. The minimum atomic E-state index is -0.279. The quantitative estimate of drug-likeness (QED) is 0.877. The normalized spacial score (nSPS) is 14.3. The highest BCUT2D eigenvalue weighted by molar-refractivity contribution is 9.10. The number of halogens is 2. The minimum absolute atomic E-state index is 0.279. The van der Waals surface area contributed by atoms with Crippen LogP contribution in [0.5, 0.6) is 0 Å². The van der Waals surface area contributed by atoms with E-state index in [0.717, 1.165) is 35.4 Å². The van der Waals surface area contributed by atoms with Gasteiger partial charge in [-0.15, -0.1) is 0 Å². The first kappa shape index (κ1) is 12.7. The number of fused-ring (bicyclic) bond motifs is 1. The summed E-state index contributed by atoms with van der Waals surface area (Å²) in [5, 5.41) is 3.31. The van der Waals surface area contributed by atoms with Crippen LogP contribution < -0.4 is 5.32 Å². The molecule has 0 unspecified atom stereocenters. The van der Waals surface area contributed by atoms with Gasteiger partial charge in [-0.2, -0.15) is 0 Å². The number of nitrogens with zero attached hydrogens (tertiary/aromatic N) is 2. The van der Waals surface area contributed by atoms with Crippen molar-refractivity contribution in [3.8, 4) is 11.4 Å². The van der Waals surface area contributed by atoms with E-state index in [0.29, 0.717) is 11.4 Å². The Balaban J connectivity index is 2.15. The highest BCUT2D eigenvalue weighted by atomic mass is 79.9. The third kappa shape index (κ3) is 2.40. The molecule has 3 rings (SSSR count). The lowest BCUT2D eigenvalue weighted by atomic mass is 10.1. The van der Waals surface area contributed by atoms with E-state index >= 15 is 0 Å². The second-order valence-corrected chi connectivity index (χ2v) is 5.46. The molecule has 1 aliphatic rings. The smallest absolute Gasteiger partial charge is 0.160 e. The van der Waals surface area contributed by atoms with Gasteiger partial charge in [-0.05, 0) is 25.1 Å². The molecular weight excluding hydrogens is 309 g/mol. The van der Waals surface area contributed by atoms with Crippen molar-refractivity contribution in [3.05, 3.63) is 45.4 Å². The van der Waals surface area contributed by atoms with Crippen molar-refractivity contribution in [2.45, 2.75) is 19.9 Å². The van der Waals surface area contributed by atoms with Gasteiger partial charge in [0.2, 0.25) is 0 Å². The molecule has 2 aromatic rings. The molecule has 5 heteroatoms. The number of nitrogens with one attached hydrogen (secondary N) is 1. The van der Waals surface area contributed by atoms with Gasteiger partial charge in [-0.1, -0.05) is 15.9 Å². The molecule has 1 aromatic heterocycles. The van der Waals surface area contributed by atoms with Crippen molar-refractivity contribution in [2.75, 3.05) is 6.54 Å². The molecule has 3 nitrogen and oxygen atoms in total. The maximum absolute atomic E-state index is 13.4. The summed E-state index contributed by atoms with van der Waals surface area (Å²) >= 11 is 3.43. The van der Waals surface area contributed by atoms with Gasteiger partial charge in [-0.25, -0.2) is 14.4 Å². The summed E-state index contributed by atoms with van der Waals surface area (Å²) in [6.07, 6.45) is 0.888. The van der Waals surface area contributed by atoms with E-state index in [2.05, 4.69) is 31.2 Å². The van der Waals surface area contributed by atoms with Gasteiger partial charge in [0.25, 0.3) is 0 Å². The topological polar surface area (TPSA) is 37.8 Å². The first-order valence-electron chi connectivity index (χ1n) is 6.17. The molecular formula is C14H13BrFN3. The molecule has 1 aliphatic heterocycles. The van der Waals surface area contributed by atoms with Gasteiger partial charge >= 0.3 is 0 Å². The molecule has 0 bridgehead atoms. The lowest BCUT2D eigenvalue weighted by Crippen LogP contribution is -2.26. The van der Waals surface area contributed by atoms with Crippen LogP contribution in [0.15, 0.2) is 22.7 Å². The maximum atomic E-state index is 13.4. The molecule has 19 heavy (non-hydrogen) atoms. The zero-order valence-electron chi connectivity index (χ0n) is 10.5. The van der Waals surface area contributed by atoms with E-state index < -0.39 is 0 Å². The Kier molecular flexibility index (Phi) is 3.33. The van der Waals surface area contributed by atoms with Crippen molar-refractivity contribution in [1.29, 1.82) is 0 Å². The average molecular weight is 322 g/mol. The van der Waals surface area contributed by atoms with E-state index in [1.54, 1.807) is 6.07 Å². The second kappa shape index (κ2) is 4.98. The first-order valence-corrected chi connectivity index (χ1v) is 6.97. The molecule has 0 aliphatic carbocycles. The monoisotopic (exact) mass is 321 g/mol. The van der Waals surface area contributed by atoms with Crippen LogP contribution in [0, 0.1) is 12.7 Å². The Bertz CT molecular complexity index is 643. The zero-order chi connectivity index (χ0) is 13.4. The highest BCUT2D eigenvalue weighted by Crippen LogP contribution is 2.28. The van der Waals surface area contributed by atoms with Gasteiger partial charge in [-0.3, -0.25) is 0 Å². The number of benzene rings is 1. The molecule has 0 spiro atoms. The largest absolute Gasteiger partial charge is 0.312 e. The molecule has 0 saturated carbocycles. The summed E-state index contributed by atoms with van der Waals surface area (Å²) in [4.78, 5) is 9.11. The molecule has 0 radical (unpaired) electrons. The Labute approximate surface area is 119 Å². The van der Waals surface area contributed by atoms with Crippen LogP contribution in [0.1, 0.15) is 17.0 Å². The molecule has 0 saturated heterocycles. The Morgan fingerprint density at radius 1 is 1.32 bits per heavy atom. The van der Waals surface area contributed by atoms with Gasteiger partial charge in [0.05, 0.1) is 5.69 Å². The van der Waals surface area contributed by atoms with E-state index in [9.17, 15) is 4.39 Å². The second-order valence-electron chi connectivity index (χ2n) is 4.61. The predicted octanol–water partition coefficient (Wildman–Crippen LogP) is 3.00. The number of aryl methyl sites for hydroxylation is 1. The standard InChI is InChI=1S/C14H13BrFN3/c1-8-11-7-17-5-4-13(11)19-14(18-8)10-6-9(16)2-3-12(10)15/h2-3,6,17H,4-5,7H2,1H3. The van der Waals surface area contributed by atoms with Gasteiger partial charge in [0.15, 0.2) is 5.82 Å². The predicted molar refractivity (Wildman–Crippen MR) is 75.3 cm³/mol. The van der Waals surface area contributed by atoms with E-state index in [4.69, 9.17) is 0 Å². The maximum Gasteiger partial charge on any atom is 0.160 e. The van der Waals surface area contributed by atoms with Crippen molar-refractivity contribution >= 4 is 15.9 Å². The molecule has 0 atom stereocenters. The minimum Gasteiger partial charge on any atom is -0.312 e. The third-order valence-electron chi connectivity index (χ3n) is 3.31. The van der Waals surface area contributed by atoms with Crippen molar-refractivity contribution in [1.82, 2.24) is 15.3 Å². The zero-order valence-corrected chi connectivity index (χ0v) is 12.1. The number of hydrogen-bond donors (Lipinski definition) is 1. The number of hydrogen-bond acceptors (Lipinski definition) is 3. The van der Waals surface area contributed by atoms with Crippen LogP contribution in [-0.4, -0.2) is 16.5 Å². The van der Waals surface area contributed by atoms with Gasteiger partial charge < -0.3 is 5.32 Å². The summed E-state index contributed by atoms with van der Waals surface area (Å²) in [5.41, 5.74) is 3.90. The summed E-state index contributed by atoms with van der Waals surface area (Å²) in [5.74, 6) is 0.309. The van der Waals surface area contributed by atoms with Crippen LogP contribution >= 0.6 is 15.9 Å². The Hall–Kier alpha value is -1.33. The summed E-state index contributed by atoms with van der Waals surface area (Å²) in [6.45, 7) is 3.71. The number of rotatable bonds is 1. The van der Waals surface area contributed by atoms with Crippen molar-refractivity contribution in [3.63, 3.8) is 0 Å². The fourth-order valence-electron chi connectivity index (χ4n) is 2.30. The van der Waals surface area contributed by atoms with Crippen molar-refractivity contribution in [2.24, 2.45) is 0 Å². The first-order chi connectivity index (χ1) is 9.15. The van der Waals surface area contributed by atoms with Crippen LogP contribution in [0.25, 0.3) is 11.4 Å². The van der Waals surface area contributed by atoms with E-state index in [-0.39, 0.29) is 5.82 Å². The van der Waals surface area contributed by atoms with Crippen LogP contribution in [0.3, 0.4) is 0 Å². The van der Waals surface area contributed by atoms with Crippen LogP contribution in [0.2, 0.25) is 0 Å². The highest BCUT2D eigenvalue weighted by Gasteiger charge is 2.17. The summed E-state index contributed by atoms with van der Waals surface area (Å²) < 4.78 is 14.2. The number of aromatic nitrogens is 2. The Morgan fingerprint density at radius 2 is 2.16 bits per heavy atom. The average Bonchev–Trinajstić information content (AvgIpc) is 2.41. The lowest BCUT2D eigenvalue weighted by Gasteiger charge is -2.19. The van der Waals surface area contributed by atoms with E-state index in [1.807, 2.05) is 6.92 Å². The van der Waals surface area contributed by atoms with Crippen LogP contribution in [-0.2, 0) is 13.0 Å². The van der Waals surface area contributed by atoms with Crippen molar-refractivity contribution < 1.29 is 4.39 Å². The molecule has 98 valence electrons. The Morgan fingerprint density at radius 3 is 3.00 bits per heavy atom. The van der Waals surface area contributed by atoms with E-state index in [1.165, 1.54) is 17.7 Å². The fraction of sp³-hybridized carbons (Fsp3) is 0.286. The molecule has 2 heterocycles. The molecule has 1 N–H and O–H groups in total. The third-order valence-corrected chi connectivity index (χ3v) is 4.00. The molecule has 0 fully saturated rings. The summed E-state index contributed by atoms with van der Waals surface area (Å²) in [7, 11) is 0. The van der Waals surface area contributed by atoms with Gasteiger partial charge in [0.1, 0.15) is 5.82 Å². The van der Waals surface area contributed by atoms with Gasteiger partial charge in [0, 0.05) is 40.8 Å². The lowest BCUT2D eigenvalue weighted by molar-refractivity contribution is 0.620. The van der Waals surface area contributed by atoms with Crippen LogP contribution in [0.4, 0.5) is 4.39 Å². The summed E-state index contributed by atoms with van der Waals surface area (Å²) in [6, 6.07) is 4.57.